The van der Waals surface area contributed by atoms with Crippen molar-refractivity contribution in [1.29, 1.82) is 0 Å². The van der Waals surface area contributed by atoms with Crippen LogP contribution in [0.1, 0.15) is 154 Å². The maximum atomic E-state index is 12.1. The van der Waals surface area contributed by atoms with Gasteiger partial charge in [-0.25, -0.2) is 0 Å². The first-order valence-electron chi connectivity index (χ1n) is 29.5. The first-order chi connectivity index (χ1) is 33.8. The molecule has 5 heterocycles. The van der Waals surface area contributed by atoms with Gasteiger partial charge in [0.1, 0.15) is 5.78 Å². The number of carbonyl (C=O) groups is 2. The van der Waals surface area contributed by atoms with Crippen molar-refractivity contribution in [2.75, 3.05) is 184 Å². The molecule has 5 aliphatic heterocycles. The Kier molecular flexibility index (Phi) is 29.9. The standard InChI is InChI=1S/C17H36N2.C15H29N3O.C14H26N2O.C13H28N2O2/c1-5-6-7-8-9-10-11-18-12-14-19(15-13-18)16-17(2,3)4;1-15(2,3)13-17-10-8-16(9-11-17)12-14(19)18-6-4-5-7-18;1-14(2,3)11-16-8-6-15(7-9-16)10-13(17)12-4-5-12;1-13(2,3)11-15-8-6-14(7-9-15)10-12(16-4)17-5/h5-16H2,1-4H3;4-13H2,1-3H3;12H,4-11H2,1-3H3;12H,6-11H2,1-5H3. The van der Waals surface area contributed by atoms with E-state index in [-0.39, 0.29) is 6.29 Å². The zero-order valence-corrected chi connectivity index (χ0v) is 50.3. The number of Topliss-reactive ketones (excluding diaryl/α,β-unsaturated/α-hetero) is 1. The minimum Gasteiger partial charge on any atom is -0.355 e. The minimum absolute atomic E-state index is 0.0934. The fourth-order valence-electron chi connectivity index (χ4n) is 10.8. The number of hydrogen-bond acceptors (Lipinski definition) is 12. The molecule has 0 aromatic heterocycles. The highest BCUT2D eigenvalue weighted by molar-refractivity contribution is 5.85. The van der Waals surface area contributed by atoms with Crippen LogP contribution in [0.5, 0.6) is 0 Å². The van der Waals surface area contributed by atoms with Crippen LogP contribution in [0.3, 0.4) is 0 Å². The van der Waals surface area contributed by atoms with E-state index in [1.807, 2.05) is 4.90 Å². The maximum Gasteiger partial charge on any atom is 0.236 e. The van der Waals surface area contributed by atoms with Gasteiger partial charge in [-0.05, 0) is 60.3 Å². The summed E-state index contributed by atoms with van der Waals surface area (Å²) in [6.45, 7) is 58.4. The lowest BCUT2D eigenvalue weighted by atomic mass is 9.96. The normalized spacial score (nSPS) is 21.5. The second kappa shape index (κ2) is 33.1. The molecular formula is C59H119N9O4. The number of rotatable bonds is 20. The molecule has 6 aliphatic rings. The van der Waals surface area contributed by atoms with Crippen LogP contribution in [0.2, 0.25) is 0 Å². The average molecular weight is 1020 g/mol. The highest BCUT2D eigenvalue weighted by Gasteiger charge is 2.32. The van der Waals surface area contributed by atoms with Crippen molar-refractivity contribution < 1.29 is 19.1 Å². The van der Waals surface area contributed by atoms with Crippen molar-refractivity contribution in [3.05, 3.63) is 0 Å². The molecular weight excluding hydrogens is 899 g/mol. The molecule has 0 bridgehead atoms. The molecule has 0 aromatic rings. The Morgan fingerprint density at radius 1 is 0.431 bits per heavy atom. The minimum atomic E-state index is -0.0934. The molecule has 0 spiro atoms. The summed E-state index contributed by atoms with van der Waals surface area (Å²) in [4.78, 5) is 45.8. The summed E-state index contributed by atoms with van der Waals surface area (Å²) in [5.74, 6) is 1.23. The van der Waals surface area contributed by atoms with E-state index in [9.17, 15) is 9.59 Å². The van der Waals surface area contributed by atoms with Gasteiger partial charge in [-0.15, -0.1) is 0 Å². The second-order valence-electron chi connectivity index (χ2n) is 27.5. The van der Waals surface area contributed by atoms with Crippen molar-refractivity contribution in [3.63, 3.8) is 0 Å². The third kappa shape index (κ3) is 31.1. The van der Waals surface area contributed by atoms with Crippen molar-refractivity contribution >= 4 is 11.7 Å². The molecule has 13 heteroatoms. The van der Waals surface area contributed by atoms with Gasteiger partial charge in [0.2, 0.25) is 5.91 Å². The van der Waals surface area contributed by atoms with Gasteiger partial charge < -0.3 is 38.9 Å². The molecule has 1 saturated carbocycles. The van der Waals surface area contributed by atoms with Gasteiger partial charge >= 0.3 is 0 Å². The number of ether oxygens (including phenoxy) is 2. The van der Waals surface area contributed by atoms with Crippen LogP contribution in [0.15, 0.2) is 0 Å². The monoisotopic (exact) mass is 1020 g/mol. The van der Waals surface area contributed by atoms with Crippen LogP contribution in [-0.4, -0.2) is 246 Å². The summed E-state index contributed by atoms with van der Waals surface area (Å²) in [6, 6.07) is 0. The zero-order chi connectivity index (χ0) is 53.4. The van der Waals surface area contributed by atoms with Crippen LogP contribution in [0, 0.1) is 27.6 Å². The third-order valence-corrected chi connectivity index (χ3v) is 14.6. The summed E-state index contributed by atoms with van der Waals surface area (Å²) >= 11 is 0. The second-order valence-corrected chi connectivity index (χ2v) is 27.5. The predicted molar refractivity (Wildman–Crippen MR) is 304 cm³/mol. The van der Waals surface area contributed by atoms with Gasteiger partial charge in [-0.2, -0.15) is 0 Å². The summed E-state index contributed by atoms with van der Waals surface area (Å²) in [5, 5.41) is 0. The van der Waals surface area contributed by atoms with Crippen LogP contribution in [-0.2, 0) is 19.1 Å². The average Bonchev–Trinajstić information content (AvgIpc) is 4.01. The largest absolute Gasteiger partial charge is 0.355 e. The smallest absolute Gasteiger partial charge is 0.236 e. The lowest BCUT2D eigenvalue weighted by Gasteiger charge is -2.38. The molecule has 13 nitrogen and oxygen atoms in total. The van der Waals surface area contributed by atoms with Gasteiger partial charge in [-0.1, -0.05) is 122 Å². The summed E-state index contributed by atoms with van der Waals surface area (Å²) < 4.78 is 10.5. The van der Waals surface area contributed by atoms with E-state index in [1.165, 1.54) is 97.2 Å². The van der Waals surface area contributed by atoms with Crippen molar-refractivity contribution in [1.82, 2.24) is 44.1 Å². The number of piperazine rings is 4. The Morgan fingerprint density at radius 2 is 0.764 bits per heavy atom. The number of amides is 1. The fraction of sp³-hybridized carbons (Fsp3) is 0.966. The molecule has 0 radical (unpaired) electrons. The molecule has 1 amide bonds. The molecule has 6 rings (SSSR count). The summed E-state index contributed by atoms with van der Waals surface area (Å²) in [5.41, 5.74) is 1.59. The Bertz CT molecular complexity index is 1410. The Hall–Kier alpha value is -1.26. The molecule has 424 valence electrons. The van der Waals surface area contributed by atoms with Crippen molar-refractivity contribution in [3.8, 4) is 0 Å². The third-order valence-electron chi connectivity index (χ3n) is 14.6. The number of methoxy groups -OCH3 is 2. The predicted octanol–water partition coefficient (Wildman–Crippen LogP) is 8.18. The molecule has 0 unspecified atom stereocenters. The number of ketones is 1. The van der Waals surface area contributed by atoms with Gasteiger partial charge in [0.15, 0.2) is 6.29 Å². The fourth-order valence-corrected chi connectivity index (χ4v) is 10.8. The van der Waals surface area contributed by atoms with E-state index in [0.29, 0.717) is 52.4 Å². The molecule has 0 atom stereocenters. The quantitative estimate of drug-likeness (QED) is 0.0873. The summed E-state index contributed by atoms with van der Waals surface area (Å²) in [7, 11) is 3.40. The van der Waals surface area contributed by atoms with Crippen molar-refractivity contribution in [2.24, 2.45) is 27.6 Å². The molecule has 0 N–H and O–H groups in total. The van der Waals surface area contributed by atoms with E-state index in [2.05, 4.69) is 129 Å². The van der Waals surface area contributed by atoms with Crippen LogP contribution in [0.4, 0.5) is 0 Å². The van der Waals surface area contributed by atoms with Crippen LogP contribution >= 0.6 is 0 Å². The number of nitrogens with zero attached hydrogens (tertiary/aromatic N) is 9. The number of hydrogen-bond donors (Lipinski definition) is 0. The van der Waals surface area contributed by atoms with E-state index in [4.69, 9.17) is 9.47 Å². The lowest BCUT2D eigenvalue weighted by Crippen LogP contribution is -2.51. The topological polar surface area (TPSA) is 81.8 Å². The number of unbranched alkanes of at least 4 members (excludes halogenated alkanes) is 5. The number of likely N-dealkylation sites (tertiary alicyclic amines) is 1. The molecule has 5 saturated heterocycles. The van der Waals surface area contributed by atoms with Gasteiger partial charge in [0.25, 0.3) is 0 Å². The van der Waals surface area contributed by atoms with Gasteiger partial charge in [0, 0.05) is 171 Å². The highest BCUT2D eigenvalue weighted by Crippen LogP contribution is 2.30. The zero-order valence-electron chi connectivity index (χ0n) is 50.3. The molecule has 6 fully saturated rings. The molecule has 72 heavy (non-hydrogen) atoms. The Morgan fingerprint density at radius 3 is 1.12 bits per heavy atom. The van der Waals surface area contributed by atoms with E-state index < -0.39 is 0 Å². The Balaban J connectivity index is 0.000000254. The van der Waals surface area contributed by atoms with E-state index in [0.717, 1.165) is 124 Å². The summed E-state index contributed by atoms with van der Waals surface area (Å²) in [6.07, 6.45) is 13.1. The number of carbonyl (C=O) groups excluding carboxylic acids is 2. The lowest BCUT2D eigenvalue weighted by molar-refractivity contribution is -0.131. The van der Waals surface area contributed by atoms with Gasteiger partial charge in [-0.3, -0.25) is 24.3 Å². The highest BCUT2D eigenvalue weighted by atomic mass is 16.7. The first-order valence-corrected chi connectivity index (χ1v) is 29.5. The molecule has 0 aromatic carbocycles. The van der Waals surface area contributed by atoms with Crippen LogP contribution in [0.25, 0.3) is 0 Å². The first kappa shape index (κ1) is 65.0. The maximum absolute atomic E-state index is 12.1. The molecule has 1 aliphatic carbocycles. The van der Waals surface area contributed by atoms with Crippen molar-refractivity contribution in [2.45, 2.75) is 161 Å². The van der Waals surface area contributed by atoms with Crippen LogP contribution < -0.4 is 0 Å². The van der Waals surface area contributed by atoms with E-state index >= 15 is 0 Å². The van der Waals surface area contributed by atoms with E-state index in [1.54, 1.807) is 14.2 Å². The SMILES string of the molecule is CC(C)(C)CN1CCN(CC(=O)C2CC2)CC1.CC(C)(C)CN1CCN(CC(=O)N2CCCC2)CC1.CCCCCCCCN1CCN(CC(C)(C)C)CC1.COC(CN1CCN(CC(C)(C)C)CC1)OC. The van der Waals surface area contributed by atoms with Gasteiger partial charge in [0.05, 0.1) is 13.1 Å². The Labute approximate surface area is 445 Å².